The molecule has 7 N–H and O–H groups in total. The molecular formula is C48H67N7O12S. The number of aromatic hydroxyl groups is 1. The second-order valence-electron chi connectivity index (χ2n) is 17.6. The summed E-state index contributed by atoms with van der Waals surface area (Å²) in [5.74, 6) is -7.37. The van der Waals surface area contributed by atoms with Crippen LogP contribution < -0.4 is 26.6 Å². The number of aliphatic hydroxyl groups is 1. The van der Waals surface area contributed by atoms with Gasteiger partial charge in [-0.3, -0.25) is 37.8 Å². The summed E-state index contributed by atoms with van der Waals surface area (Å²) < 4.78 is 18.0. The number of likely N-dealkylation sites (N-methyl/N-ethyl adjacent to an activating group) is 1. The maximum absolute atomic E-state index is 15.0. The average molecular weight is 966 g/mol. The summed E-state index contributed by atoms with van der Waals surface area (Å²) in [6, 6.07) is 6.13. The number of phenolic OH excluding ortho intramolecular Hbond substituents is 1. The zero-order valence-corrected chi connectivity index (χ0v) is 40.6. The van der Waals surface area contributed by atoms with Gasteiger partial charge in [-0.2, -0.15) is 0 Å². The quantitative estimate of drug-likeness (QED) is 0.0755. The highest BCUT2D eigenvalue weighted by Crippen LogP contribution is 2.25. The van der Waals surface area contributed by atoms with E-state index in [-0.39, 0.29) is 55.7 Å². The van der Waals surface area contributed by atoms with E-state index in [4.69, 9.17) is 4.74 Å². The molecule has 2 aliphatic rings. The van der Waals surface area contributed by atoms with E-state index in [0.29, 0.717) is 17.5 Å². The van der Waals surface area contributed by atoms with E-state index in [9.17, 15) is 52.8 Å². The molecule has 2 fully saturated rings. The number of ether oxygens (including phenoxy) is 1. The molecule has 372 valence electrons. The average Bonchev–Trinajstić information content (AvgIpc) is 3.29. The summed E-state index contributed by atoms with van der Waals surface area (Å²) in [6.07, 6.45) is 1.52. The van der Waals surface area contributed by atoms with Gasteiger partial charge in [-0.05, 0) is 68.7 Å². The number of piperidine rings is 1. The minimum Gasteiger partial charge on any atom is -0.508 e. The number of amides is 7. The van der Waals surface area contributed by atoms with Crippen molar-refractivity contribution in [1.82, 2.24) is 36.4 Å². The van der Waals surface area contributed by atoms with Gasteiger partial charge in [0.05, 0.1) is 0 Å². The monoisotopic (exact) mass is 965 g/mol. The molecule has 19 nitrogen and oxygen atoms in total. The molecule has 7 amide bonds. The van der Waals surface area contributed by atoms with Gasteiger partial charge in [0.25, 0.3) is 11.8 Å². The number of nitrogens with zero attached hydrogens (tertiary/aromatic N) is 2. The third-order valence-electron chi connectivity index (χ3n) is 12.0. The summed E-state index contributed by atoms with van der Waals surface area (Å²) in [5, 5.41) is 34.5. The van der Waals surface area contributed by atoms with Gasteiger partial charge < -0.3 is 51.3 Å². The van der Waals surface area contributed by atoms with Crippen molar-refractivity contribution in [3.63, 3.8) is 0 Å². The van der Waals surface area contributed by atoms with E-state index in [1.807, 2.05) is 6.92 Å². The Labute approximate surface area is 400 Å². The van der Waals surface area contributed by atoms with Crippen molar-refractivity contribution < 1.29 is 57.5 Å². The molecule has 2 aromatic carbocycles. The molecule has 0 aromatic heterocycles. The third-order valence-corrected chi connectivity index (χ3v) is 12.8. The zero-order chi connectivity index (χ0) is 50.2. The van der Waals surface area contributed by atoms with Gasteiger partial charge in [-0.1, -0.05) is 82.2 Å². The van der Waals surface area contributed by atoms with E-state index in [0.717, 1.165) is 22.6 Å². The van der Waals surface area contributed by atoms with E-state index in [1.54, 1.807) is 56.3 Å². The number of rotatable bonds is 15. The molecule has 0 radical (unpaired) electrons. The predicted octanol–water partition coefficient (Wildman–Crippen LogP) is 1.22. The number of phenols is 1. The molecule has 2 heterocycles. The van der Waals surface area contributed by atoms with Crippen molar-refractivity contribution in [3.05, 3.63) is 77.5 Å². The van der Waals surface area contributed by atoms with Crippen LogP contribution in [0.5, 0.6) is 5.75 Å². The van der Waals surface area contributed by atoms with Gasteiger partial charge in [0.1, 0.15) is 60.0 Å². The van der Waals surface area contributed by atoms with Crippen LogP contribution in [0.4, 0.5) is 0 Å². The number of fused-ring (bicyclic) bond motifs is 2. The fourth-order valence-corrected chi connectivity index (χ4v) is 8.54. The summed E-state index contributed by atoms with van der Waals surface area (Å²) >= 11 is 0. The lowest BCUT2D eigenvalue weighted by Gasteiger charge is -2.43. The number of hydrogen-bond acceptors (Lipinski definition) is 12. The van der Waals surface area contributed by atoms with Crippen LogP contribution in [0.15, 0.2) is 66.4 Å². The summed E-state index contributed by atoms with van der Waals surface area (Å²) in [4.78, 5) is 116. The van der Waals surface area contributed by atoms with Gasteiger partial charge in [-0.15, -0.1) is 0 Å². The summed E-state index contributed by atoms with van der Waals surface area (Å²) in [5.41, 5.74) is 0.765. The maximum atomic E-state index is 15.0. The van der Waals surface area contributed by atoms with E-state index in [2.05, 4.69) is 26.6 Å². The van der Waals surface area contributed by atoms with Gasteiger partial charge in [-0.25, -0.2) is 4.79 Å². The van der Waals surface area contributed by atoms with E-state index in [1.165, 1.54) is 45.4 Å². The number of aliphatic hydroxyl groups excluding tert-OH is 1. The molecule has 2 bridgehead atoms. The Morgan fingerprint density at radius 3 is 2.18 bits per heavy atom. The van der Waals surface area contributed by atoms with Gasteiger partial charge >= 0.3 is 5.97 Å². The normalized spacial score (nSPS) is 25.0. The second kappa shape index (κ2) is 25.8. The highest BCUT2D eigenvalue weighted by atomic mass is 32.2. The SMILES string of the molecule is CC=C1NC(=O)C(NC(=O)C(CCS(C)=O)NC(=O)CCCCC)C(C)OC(=O)C(C(C)C)NC(=O)C(Cc2ccc(O)cc2)N(C)C(=O)C(Cc2ccccc2)N2C(=O)C(CCC2O)NC1=O. The zero-order valence-electron chi connectivity index (χ0n) is 39.8. The maximum Gasteiger partial charge on any atom is 0.329 e. The molecule has 9 atom stereocenters. The number of nitrogens with one attached hydrogen (secondary N) is 5. The molecule has 2 aromatic rings. The van der Waals surface area contributed by atoms with Gasteiger partial charge in [0.2, 0.25) is 29.5 Å². The minimum absolute atomic E-state index is 0.0171. The number of unbranched alkanes of at least 4 members (excludes halogenated alkanes) is 2. The lowest BCUT2D eigenvalue weighted by Crippen LogP contribution is -2.64. The Bertz CT molecular complexity index is 2170. The molecule has 2 aliphatic heterocycles. The molecule has 9 unspecified atom stereocenters. The fraction of sp³-hybridized carbons (Fsp3) is 0.542. The number of carbonyl (C=O) groups excluding carboxylic acids is 8. The van der Waals surface area contributed by atoms with Crippen LogP contribution in [0.25, 0.3) is 0 Å². The van der Waals surface area contributed by atoms with Crippen LogP contribution in [0.2, 0.25) is 0 Å². The topological polar surface area (TPSA) is 270 Å². The van der Waals surface area contributed by atoms with Crippen LogP contribution in [-0.2, 0) is 66.7 Å². The molecular weight excluding hydrogens is 899 g/mol. The molecule has 0 spiro atoms. The molecule has 0 saturated carbocycles. The van der Waals surface area contributed by atoms with Crippen molar-refractivity contribution in [2.75, 3.05) is 19.1 Å². The minimum atomic E-state index is -1.74. The largest absolute Gasteiger partial charge is 0.508 e. The van der Waals surface area contributed by atoms with E-state index < -0.39 is 113 Å². The van der Waals surface area contributed by atoms with Crippen molar-refractivity contribution in [3.8, 4) is 5.75 Å². The Morgan fingerprint density at radius 2 is 1.56 bits per heavy atom. The number of carbonyl (C=O) groups is 8. The lowest BCUT2D eigenvalue weighted by atomic mass is 9.95. The molecule has 0 aliphatic carbocycles. The smallest absolute Gasteiger partial charge is 0.329 e. The number of benzene rings is 2. The fourth-order valence-electron chi connectivity index (χ4n) is 7.97. The van der Waals surface area contributed by atoms with Crippen LogP contribution >= 0.6 is 0 Å². The van der Waals surface area contributed by atoms with Crippen molar-refractivity contribution in [2.45, 2.75) is 141 Å². The van der Waals surface area contributed by atoms with Crippen LogP contribution in [0, 0.1) is 5.92 Å². The number of allylic oxidation sites excluding steroid dienone is 1. The Morgan fingerprint density at radius 1 is 0.912 bits per heavy atom. The Kier molecular flexibility index (Phi) is 20.7. The summed E-state index contributed by atoms with van der Waals surface area (Å²) in [6.45, 7) is 7.97. The molecule has 68 heavy (non-hydrogen) atoms. The van der Waals surface area contributed by atoms with Crippen LogP contribution in [-0.4, -0.2) is 139 Å². The van der Waals surface area contributed by atoms with Crippen molar-refractivity contribution in [1.29, 1.82) is 0 Å². The van der Waals surface area contributed by atoms with Crippen LogP contribution in [0.3, 0.4) is 0 Å². The number of cyclic esters (lactones) is 1. The summed E-state index contributed by atoms with van der Waals surface area (Å²) in [7, 11) is -0.00865. The first-order chi connectivity index (χ1) is 32.2. The standard InChI is InChI=1S/C48H67N7O12S/c1-8-10-12-17-38(57)49-34(24-25-68(7)66)43(60)53-41-29(5)67-48(65)40(28(3)4)52-44(61)36(26-31-18-20-32(56)21-19-31)54(6)47(64)37(27-30-15-13-11-14-16-30)55-39(58)23-22-35(46(55)63)51-42(59)33(9-2)50-45(41)62/h9,11,13-16,18-21,28-29,34-37,39-41,56,58H,8,10,12,17,22-27H2,1-7H3,(H,49,57)(H,50,62)(H,51,59)(H,52,61)(H,53,60). The first-order valence-corrected chi connectivity index (χ1v) is 24.8. The molecule has 20 heteroatoms. The Balaban J connectivity index is 1.83. The van der Waals surface area contributed by atoms with Gasteiger partial charge in [0.15, 0.2) is 0 Å². The highest BCUT2D eigenvalue weighted by molar-refractivity contribution is 7.84. The van der Waals surface area contributed by atoms with Gasteiger partial charge in [0, 0.05) is 49.1 Å². The van der Waals surface area contributed by atoms with Crippen LogP contribution in [0.1, 0.15) is 90.7 Å². The number of hydrogen-bond donors (Lipinski definition) is 7. The molecule has 4 rings (SSSR count). The van der Waals surface area contributed by atoms with Crippen molar-refractivity contribution in [2.24, 2.45) is 5.92 Å². The predicted molar refractivity (Wildman–Crippen MR) is 252 cm³/mol. The Hall–Kier alpha value is -6.15. The number of esters is 1. The van der Waals surface area contributed by atoms with E-state index >= 15 is 0 Å². The third kappa shape index (κ3) is 15.2. The second-order valence-corrected chi connectivity index (χ2v) is 19.1. The first-order valence-electron chi connectivity index (χ1n) is 23.0. The lowest BCUT2D eigenvalue weighted by molar-refractivity contribution is -0.165. The first kappa shape index (κ1) is 54.5. The molecule has 2 saturated heterocycles. The van der Waals surface area contributed by atoms with Crippen molar-refractivity contribution >= 4 is 58.1 Å². The highest BCUT2D eigenvalue weighted by Gasteiger charge is 2.45.